The van der Waals surface area contributed by atoms with Crippen molar-refractivity contribution in [2.45, 2.75) is 55.4 Å². The zero-order valence-corrected chi connectivity index (χ0v) is 27.4. The molecule has 1 saturated carbocycles. The van der Waals surface area contributed by atoms with E-state index in [1.54, 1.807) is 21.9 Å². The number of aromatic nitrogens is 1. The van der Waals surface area contributed by atoms with Crippen LogP contribution in [0.2, 0.25) is 5.15 Å². The van der Waals surface area contributed by atoms with Gasteiger partial charge in [0.05, 0.1) is 11.0 Å². The second kappa shape index (κ2) is 14.5. The number of anilines is 2. The number of benzene rings is 1. The molecule has 2 saturated heterocycles. The first-order chi connectivity index (χ1) is 21.9. The van der Waals surface area contributed by atoms with Crippen LogP contribution in [0, 0.1) is 11.8 Å². The lowest BCUT2D eigenvalue weighted by molar-refractivity contribution is -0.129. The van der Waals surface area contributed by atoms with E-state index in [1.807, 2.05) is 0 Å². The topological polar surface area (TPSA) is 138 Å². The molecule has 252 valence electrons. The number of nitrogens with two attached hydrogens (primary N) is 1. The molecule has 3 N–H and O–H groups in total. The monoisotopic (exact) mass is 682 g/mol. The molecule has 0 spiro atoms. The van der Waals surface area contributed by atoms with Gasteiger partial charge in [0.15, 0.2) is 0 Å². The van der Waals surface area contributed by atoms with Crippen molar-refractivity contribution in [2.24, 2.45) is 17.6 Å². The van der Waals surface area contributed by atoms with E-state index in [1.165, 1.54) is 35.7 Å². The van der Waals surface area contributed by atoms with Gasteiger partial charge in [-0.2, -0.15) is 4.31 Å². The smallest absolute Gasteiger partial charge is 0.276 e. The van der Waals surface area contributed by atoms with Gasteiger partial charge in [0.2, 0.25) is 21.8 Å². The molecule has 5 rings (SSSR count). The van der Waals surface area contributed by atoms with Crippen LogP contribution in [0.5, 0.6) is 0 Å². The second-order valence-corrected chi connectivity index (χ2v) is 14.4. The van der Waals surface area contributed by atoms with Crippen LogP contribution in [0.3, 0.4) is 0 Å². The molecule has 1 aromatic heterocycles. The molecule has 1 unspecified atom stereocenters. The lowest BCUT2D eigenvalue weighted by Gasteiger charge is -2.36. The highest BCUT2D eigenvalue weighted by Crippen LogP contribution is 2.46. The van der Waals surface area contributed by atoms with Crippen LogP contribution >= 0.6 is 11.6 Å². The standard InChI is InChI=1S/C31H41ClF2N6O5S/c1-45-25(19-35)20-36-30(42)21-4-6-22(7-5-21)31(33,34)23-17-27(32)37-28(18-23)38-13-15-39(16-14-38)46(43,44)26-10-8-24(9-11-26)40-12-2-3-29(40)41/h8-11,17-18,21-22,25H,2-7,12-16,19-20,35H2,1H3,(H,36,42)/t21-,22-,25?. The van der Waals surface area contributed by atoms with Gasteiger partial charge in [-0.25, -0.2) is 22.2 Å². The zero-order chi connectivity index (χ0) is 33.1. The number of piperazine rings is 1. The number of rotatable bonds is 11. The third kappa shape index (κ3) is 7.46. The van der Waals surface area contributed by atoms with Crippen LogP contribution < -0.4 is 20.9 Å². The van der Waals surface area contributed by atoms with E-state index < -0.39 is 21.9 Å². The average Bonchev–Trinajstić information content (AvgIpc) is 3.50. The number of hydrogen-bond donors (Lipinski definition) is 2. The fourth-order valence-corrected chi connectivity index (χ4v) is 8.07. The Morgan fingerprint density at radius 1 is 1.11 bits per heavy atom. The van der Waals surface area contributed by atoms with Crippen LogP contribution in [0.25, 0.3) is 0 Å². The highest BCUT2D eigenvalue weighted by Gasteiger charge is 2.44. The van der Waals surface area contributed by atoms with Crippen molar-refractivity contribution in [2.75, 3.05) is 62.7 Å². The summed E-state index contributed by atoms with van der Waals surface area (Å²) in [5.41, 5.74) is 6.02. The third-order valence-electron chi connectivity index (χ3n) is 9.30. The number of nitrogens with one attached hydrogen (secondary N) is 1. The van der Waals surface area contributed by atoms with Crippen LogP contribution in [0.4, 0.5) is 20.3 Å². The van der Waals surface area contributed by atoms with E-state index in [9.17, 15) is 18.0 Å². The van der Waals surface area contributed by atoms with Gasteiger partial charge in [0.25, 0.3) is 5.92 Å². The number of alkyl halides is 2. The minimum absolute atomic E-state index is 0.0229. The summed E-state index contributed by atoms with van der Waals surface area (Å²) in [6, 6.07) is 8.83. The van der Waals surface area contributed by atoms with Crippen LogP contribution in [-0.4, -0.2) is 88.5 Å². The maximum absolute atomic E-state index is 15.9. The number of hydrogen-bond acceptors (Lipinski definition) is 8. The molecule has 3 fully saturated rings. The van der Waals surface area contributed by atoms with Crippen LogP contribution in [-0.2, 0) is 30.3 Å². The zero-order valence-electron chi connectivity index (χ0n) is 25.8. The summed E-state index contributed by atoms with van der Waals surface area (Å²) >= 11 is 6.24. The number of pyridine rings is 1. The normalized spacial score (nSPS) is 22.2. The molecule has 0 bridgehead atoms. The van der Waals surface area contributed by atoms with E-state index in [-0.39, 0.29) is 97.4 Å². The van der Waals surface area contributed by atoms with Crippen molar-refractivity contribution in [1.82, 2.24) is 14.6 Å². The van der Waals surface area contributed by atoms with Crippen LogP contribution in [0.15, 0.2) is 41.3 Å². The van der Waals surface area contributed by atoms with Gasteiger partial charge in [-0.15, -0.1) is 0 Å². The molecule has 46 heavy (non-hydrogen) atoms. The maximum atomic E-state index is 15.9. The van der Waals surface area contributed by atoms with Gasteiger partial charge in [-0.05, 0) is 68.5 Å². The maximum Gasteiger partial charge on any atom is 0.276 e. The fourth-order valence-electron chi connectivity index (χ4n) is 6.44. The number of methoxy groups -OCH3 is 1. The lowest BCUT2D eigenvalue weighted by Crippen LogP contribution is -2.49. The third-order valence-corrected chi connectivity index (χ3v) is 11.4. The van der Waals surface area contributed by atoms with Gasteiger partial charge in [0.1, 0.15) is 11.0 Å². The minimum Gasteiger partial charge on any atom is -0.378 e. The average molecular weight is 683 g/mol. The van der Waals surface area contributed by atoms with Crippen molar-refractivity contribution < 1.29 is 31.5 Å². The summed E-state index contributed by atoms with van der Waals surface area (Å²) in [5.74, 6) is -4.40. The van der Waals surface area contributed by atoms with Crippen molar-refractivity contribution in [3.63, 3.8) is 0 Å². The number of nitrogens with zero attached hydrogens (tertiary/aromatic N) is 4. The van der Waals surface area contributed by atoms with E-state index in [2.05, 4.69) is 10.3 Å². The van der Waals surface area contributed by atoms with Crippen molar-refractivity contribution in [3.8, 4) is 0 Å². The van der Waals surface area contributed by atoms with Crippen molar-refractivity contribution >= 4 is 44.9 Å². The van der Waals surface area contributed by atoms with Gasteiger partial charge in [-0.1, -0.05) is 11.6 Å². The first-order valence-corrected chi connectivity index (χ1v) is 17.5. The predicted molar refractivity (Wildman–Crippen MR) is 170 cm³/mol. The fraction of sp³-hybridized carbons (Fsp3) is 0.581. The Hall–Kier alpha value is -2.91. The Bertz CT molecular complexity index is 1500. The second-order valence-electron chi connectivity index (χ2n) is 12.1. The van der Waals surface area contributed by atoms with Crippen LogP contribution in [0.1, 0.15) is 44.1 Å². The number of amides is 2. The molecule has 2 aliphatic heterocycles. The highest BCUT2D eigenvalue weighted by atomic mass is 35.5. The number of carbonyl (C=O) groups is 2. The molecule has 1 atom stereocenters. The summed E-state index contributed by atoms with van der Waals surface area (Å²) in [7, 11) is -2.29. The Labute approximate surface area is 273 Å². The van der Waals surface area contributed by atoms with Gasteiger partial charge >= 0.3 is 0 Å². The summed E-state index contributed by atoms with van der Waals surface area (Å²) < 4.78 is 65.0. The molecule has 1 aromatic carbocycles. The quantitative estimate of drug-likeness (QED) is 0.344. The molecular weight excluding hydrogens is 642 g/mol. The van der Waals surface area contributed by atoms with Crippen molar-refractivity contribution in [1.29, 1.82) is 0 Å². The molecular formula is C31H41ClF2N6O5S. The van der Waals surface area contributed by atoms with E-state index in [4.69, 9.17) is 22.1 Å². The molecule has 0 radical (unpaired) electrons. The minimum atomic E-state index is -3.80. The lowest BCUT2D eigenvalue weighted by atomic mass is 9.77. The Balaban J connectivity index is 1.19. The first kappa shape index (κ1) is 34.4. The SMILES string of the molecule is COC(CN)CNC(=O)[C@H]1CC[C@H](C(F)(F)c2cc(Cl)nc(N3CCN(S(=O)(=O)c4ccc(N5CCCC5=O)cc4)CC3)c2)CC1. The summed E-state index contributed by atoms with van der Waals surface area (Å²) in [5, 5.41) is 2.74. The van der Waals surface area contributed by atoms with Crippen molar-refractivity contribution in [3.05, 3.63) is 47.1 Å². The summed E-state index contributed by atoms with van der Waals surface area (Å²) in [6.07, 6.45) is 2.00. The molecule has 2 aromatic rings. The number of sulfonamides is 1. The van der Waals surface area contributed by atoms with E-state index >= 15 is 8.78 Å². The van der Waals surface area contributed by atoms with Gasteiger partial charge in [0, 0.05) is 82.4 Å². The molecule has 3 aliphatic rings. The summed E-state index contributed by atoms with van der Waals surface area (Å²) in [4.78, 5) is 32.4. The Morgan fingerprint density at radius 3 is 2.37 bits per heavy atom. The van der Waals surface area contributed by atoms with E-state index in [0.717, 1.165) is 6.42 Å². The highest BCUT2D eigenvalue weighted by molar-refractivity contribution is 7.89. The number of halogens is 3. The number of ether oxygens (including phenoxy) is 1. The van der Waals surface area contributed by atoms with E-state index in [0.29, 0.717) is 31.5 Å². The summed E-state index contributed by atoms with van der Waals surface area (Å²) in [6.45, 7) is 1.91. The molecule has 1 aliphatic carbocycles. The molecule has 11 nitrogen and oxygen atoms in total. The molecule has 2 amide bonds. The van der Waals surface area contributed by atoms with Gasteiger partial charge < -0.3 is 25.6 Å². The molecule has 15 heteroatoms. The number of carbonyl (C=O) groups excluding carboxylic acids is 2. The Kier molecular flexibility index (Phi) is 10.8. The van der Waals surface area contributed by atoms with Gasteiger partial charge in [-0.3, -0.25) is 9.59 Å². The first-order valence-electron chi connectivity index (χ1n) is 15.7. The largest absolute Gasteiger partial charge is 0.378 e. The molecule has 3 heterocycles. The predicted octanol–water partition coefficient (Wildman–Crippen LogP) is 3.36. The Morgan fingerprint density at radius 2 is 1.78 bits per heavy atom.